The lowest BCUT2D eigenvalue weighted by Crippen LogP contribution is -2.46. The Kier molecular flexibility index (Phi) is 7.56. The molecule has 0 spiro atoms. The maximum Gasteiger partial charge on any atom is 0.412 e. The van der Waals surface area contributed by atoms with Crippen LogP contribution in [-0.4, -0.2) is 35.0 Å². The van der Waals surface area contributed by atoms with Crippen LogP contribution in [0.2, 0.25) is 0 Å². The fraction of sp³-hybridized carbons (Fsp3) is 0.480. The highest BCUT2D eigenvalue weighted by Gasteiger charge is 2.48. The average Bonchev–Trinajstić information content (AvgIpc) is 3.53. The van der Waals surface area contributed by atoms with Crippen molar-refractivity contribution >= 4 is 17.9 Å². The van der Waals surface area contributed by atoms with Crippen molar-refractivity contribution in [2.75, 3.05) is 12.4 Å². The van der Waals surface area contributed by atoms with Crippen LogP contribution in [0.3, 0.4) is 0 Å². The molecule has 1 aliphatic heterocycles. The van der Waals surface area contributed by atoms with Crippen LogP contribution in [0.4, 0.5) is 23.8 Å². The molecule has 0 radical (unpaired) electrons. The van der Waals surface area contributed by atoms with E-state index >= 15 is 0 Å². The zero-order valence-electron chi connectivity index (χ0n) is 19.7. The standard InChI is InChI=1S/C25H27F3N2O6/c1-34-24(33)29-21-12-16(36-30-21)11-18-20(31)13-25(35-23(18)32,15-4-2-3-5-15)9-8-14-6-7-17(22(27)28)19(26)10-14/h6-7,10,12,15,22,31H,2-5,8-9,11,13H2,1H3,(H,29,30,33). The van der Waals surface area contributed by atoms with Gasteiger partial charge in [-0.3, -0.25) is 5.32 Å². The normalized spacial score (nSPS) is 20.6. The smallest absolute Gasteiger partial charge is 0.412 e. The molecule has 1 saturated carbocycles. The monoisotopic (exact) mass is 508 g/mol. The zero-order chi connectivity index (χ0) is 25.9. The van der Waals surface area contributed by atoms with Crippen LogP contribution in [0.25, 0.3) is 0 Å². The van der Waals surface area contributed by atoms with Gasteiger partial charge in [0.2, 0.25) is 0 Å². The van der Waals surface area contributed by atoms with E-state index in [1.807, 2.05) is 0 Å². The number of aliphatic hydroxyl groups is 1. The summed E-state index contributed by atoms with van der Waals surface area (Å²) in [4.78, 5) is 24.4. The molecule has 4 rings (SSSR count). The molecule has 1 aliphatic carbocycles. The van der Waals surface area contributed by atoms with Gasteiger partial charge in [-0.25, -0.2) is 22.8 Å². The summed E-state index contributed by atoms with van der Waals surface area (Å²) >= 11 is 0. The number of aromatic nitrogens is 1. The number of amides is 1. The number of aliphatic hydroxyl groups excluding tert-OH is 1. The van der Waals surface area contributed by atoms with Crippen LogP contribution in [0.1, 0.15) is 61.8 Å². The highest BCUT2D eigenvalue weighted by Crippen LogP contribution is 2.46. The minimum absolute atomic E-state index is 0.0106. The average molecular weight is 508 g/mol. The Hall–Kier alpha value is -3.50. The van der Waals surface area contributed by atoms with Crippen molar-refractivity contribution in [3.8, 4) is 0 Å². The topological polar surface area (TPSA) is 111 Å². The van der Waals surface area contributed by atoms with E-state index in [0.29, 0.717) is 12.0 Å². The minimum Gasteiger partial charge on any atom is -0.512 e. The summed E-state index contributed by atoms with van der Waals surface area (Å²) in [5.74, 6) is -1.47. The fourth-order valence-corrected chi connectivity index (χ4v) is 5.03. The van der Waals surface area contributed by atoms with Crippen molar-refractivity contribution in [1.82, 2.24) is 5.16 Å². The number of hydrogen-bond acceptors (Lipinski definition) is 7. The predicted molar refractivity (Wildman–Crippen MR) is 121 cm³/mol. The minimum atomic E-state index is -2.90. The summed E-state index contributed by atoms with van der Waals surface area (Å²) in [5, 5.41) is 16.9. The van der Waals surface area contributed by atoms with Crippen LogP contribution in [0.15, 0.2) is 40.1 Å². The first-order valence-corrected chi connectivity index (χ1v) is 11.7. The summed E-state index contributed by atoms with van der Waals surface area (Å²) < 4.78 is 55.5. The Labute approximate surface area is 205 Å². The van der Waals surface area contributed by atoms with E-state index in [-0.39, 0.29) is 48.1 Å². The maximum absolute atomic E-state index is 14.1. The molecule has 2 aromatic rings. The first-order chi connectivity index (χ1) is 17.2. The highest BCUT2D eigenvalue weighted by molar-refractivity contribution is 5.91. The van der Waals surface area contributed by atoms with Gasteiger partial charge in [0.15, 0.2) is 5.82 Å². The summed E-state index contributed by atoms with van der Waals surface area (Å²) in [5.41, 5.74) is -1.11. The van der Waals surface area contributed by atoms with Crippen LogP contribution in [0.5, 0.6) is 0 Å². The molecule has 1 amide bonds. The Bertz CT molecular complexity index is 1160. The van der Waals surface area contributed by atoms with Gasteiger partial charge in [-0.2, -0.15) is 0 Å². The number of carbonyl (C=O) groups is 2. The number of rotatable bonds is 8. The molecule has 0 bridgehead atoms. The van der Waals surface area contributed by atoms with Gasteiger partial charge in [0, 0.05) is 18.9 Å². The Balaban J connectivity index is 1.52. The van der Waals surface area contributed by atoms with Gasteiger partial charge in [0.1, 0.15) is 22.9 Å². The van der Waals surface area contributed by atoms with Crippen LogP contribution < -0.4 is 5.32 Å². The van der Waals surface area contributed by atoms with Gasteiger partial charge < -0.3 is 19.1 Å². The highest BCUT2D eigenvalue weighted by atomic mass is 19.3. The van der Waals surface area contributed by atoms with Crippen molar-refractivity contribution < 1.29 is 41.9 Å². The number of halogens is 3. The van der Waals surface area contributed by atoms with Gasteiger partial charge in [-0.1, -0.05) is 30.1 Å². The predicted octanol–water partition coefficient (Wildman–Crippen LogP) is 5.79. The van der Waals surface area contributed by atoms with E-state index in [2.05, 4.69) is 15.2 Å². The quantitative estimate of drug-likeness (QED) is 0.434. The number of methoxy groups -OCH3 is 1. The fourth-order valence-electron chi connectivity index (χ4n) is 5.03. The molecule has 2 heterocycles. The molecular weight excluding hydrogens is 481 g/mol. The molecule has 1 unspecified atom stereocenters. The number of benzene rings is 1. The number of carbonyl (C=O) groups excluding carboxylic acids is 2. The van der Waals surface area contributed by atoms with Crippen LogP contribution in [0, 0.1) is 11.7 Å². The Morgan fingerprint density at radius 1 is 1.31 bits per heavy atom. The lowest BCUT2D eigenvalue weighted by atomic mass is 9.76. The SMILES string of the molecule is COC(=O)Nc1cc(CC2=C(O)CC(CCc3ccc(C(F)F)c(F)c3)(C3CCCC3)OC2=O)on1. The molecular formula is C25H27F3N2O6. The van der Waals surface area contributed by atoms with Gasteiger partial charge in [-0.05, 0) is 43.2 Å². The number of nitrogens with one attached hydrogen (secondary N) is 1. The second-order valence-electron chi connectivity index (χ2n) is 9.17. The number of nitrogens with zero attached hydrogens (tertiary/aromatic N) is 1. The third-order valence-electron chi connectivity index (χ3n) is 6.92. The number of aryl methyl sites for hydroxylation is 1. The second kappa shape index (κ2) is 10.6. The molecule has 194 valence electrons. The van der Waals surface area contributed by atoms with E-state index in [1.54, 1.807) is 0 Å². The number of alkyl halides is 2. The molecule has 0 saturated heterocycles. The van der Waals surface area contributed by atoms with Crippen molar-refractivity contribution in [2.24, 2.45) is 5.92 Å². The van der Waals surface area contributed by atoms with Crippen molar-refractivity contribution in [1.29, 1.82) is 0 Å². The van der Waals surface area contributed by atoms with Gasteiger partial charge in [0.05, 0.1) is 18.2 Å². The van der Waals surface area contributed by atoms with Gasteiger partial charge >= 0.3 is 12.1 Å². The molecule has 1 aromatic carbocycles. The number of hydrogen-bond donors (Lipinski definition) is 2. The summed E-state index contributed by atoms with van der Waals surface area (Å²) in [6.45, 7) is 0. The lowest BCUT2D eigenvalue weighted by Gasteiger charge is -2.41. The molecule has 8 nitrogen and oxygen atoms in total. The zero-order valence-corrected chi connectivity index (χ0v) is 19.7. The summed E-state index contributed by atoms with van der Waals surface area (Å²) in [6, 6.07) is 5.00. The Morgan fingerprint density at radius 3 is 2.69 bits per heavy atom. The van der Waals surface area contributed by atoms with E-state index < -0.39 is 35.5 Å². The van der Waals surface area contributed by atoms with Gasteiger partial charge in [-0.15, -0.1) is 0 Å². The summed E-state index contributed by atoms with van der Waals surface area (Å²) in [7, 11) is 1.20. The number of cyclic esters (lactones) is 1. The van der Waals surface area contributed by atoms with Crippen LogP contribution in [-0.2, 0) is 27.1 Å². The Morgan fingerprint density at radius 2 is 2.06 bits per heavy atom. The van der Waals surface area contributed by atoms with Crippen molar-refractivity contribution in [2.45, 2.75) is 63.4 Å². The third-order valence-corrected chi connectivity index (χ3v) is 6.92. The van der Waals surface area contributed by atoms with Crippen LogP contribution >= 0.6 is 0 Å². The lowest BCUT2D eigenvalue weighted by molar-refractivity contribution is -0.167. The summed E-state index contributed by atoms with van der Waals surface area (Å²) in [6.07, 6.45) is 0.512. The van der Waals surface area contributed by atoms with Gasteiger partial charge in [0.25, 0.3) is 6.43 Å². The first kappa shape index (κ1) is 25.6. The van der Waals surface area contributed by atoms with E-state index in [4.69, 9.17) is 9.26 Å². The molecule has 1 atom stereocenters. The number of esters is 1. The maximum atomic E-state index is 14.1. The second-order valence-corrected chi connectivity index (χ2v) is 9.17. The molecule has 36 heavy (non-hydrogen) atoms. The van der Waals surface area contributed by atoms with Crippen molar-refractivity contribution in [3.63, 3.8) is 0 Å². The van der Waals surface area contributed by atoms with E-state index in [9.17, 15) is 27.9 Å². The first-order valence-electron chi connectivity index (χ1n) is 11.7. The number of anilines is 1. The van der Waals surface area contributed by atoms with Crippen molar-refractivity contribution in [3.05, 3.63) is 58.3 Å². The molecule has 2 N–H and O–H groups in total. The molecule has 11 heteroatoms. The van der Waals surface area contributed by atoms with E-state index in [0.717, 1.165) is 37.8 Å². The molecule has 1 aromatic heterocycles. The third kappa shape index (κ3) is 5.50. The van der Waals surface area contributed by atoms with E-state index in [1.165, 1.54) is 19.2 Å². The molecule has 1 fully saturated rings. The number of ether oxygens (including phenoxy) is 2. The molecule has 2 aliphatic rings. The largest absolute Gasteiger partial charge is 0.512 e.